The summed E-state index contributed by atoms with van der Waals surface area (Å²) in [4.78, 5) is 2.42. The van der Waals surface area contributed by atoms with Crippen molar-refractivity contribution in [3.05, 3.63) is 29.3 Å². The van der Waals surface area contributed by atoms with E-state index in [2.05, 4.69) is 42.3 Å². The minimum absolute atomic E-state index is 0.426. The van der Waals surface area contributed by atoms with E-state index in [4.69, 9.17) is 5.73 Å². The molecule has 1 aromatic rings. The Kier molecular flexibility index (Phi) is 3.46. The molecule has 0 aliphatic carbocycles. The molecule has 0 saturated carbocycles. The van der Waals surface area contributed by atoms with Gasteiger partial charge in [-0.3, -0.25) is 0 Å². The standard InChI is InChI=1S/C13H21N3/c1-10-5-11(2)7-13(6-10)16-4-3-15-12(8-14)9-16/h5-7,12,15H,3-4,8-9,14H2,1-2H3. The molecule has 3 nitrogen and oxygen atoms in total. The number of anilines is 1. The summed E-state index contributed by atoms with van der Waals surface area (Å²) in [5, 5.41) is 3.43. The van der Waals surface area contributed by atoms with E-state index in [-0.39, 0.29) is 0 Å². The molecule has 2 rings (SSSR count). The third-order valence-corrected chi connectivity index (χ3v) is 3.11. The number of hydrogen-bond donors (Lipinski definition) is 2. The van der Waals surface area contributed by atoms with Gasteiger partial charge >= 0.3 is 0 Å². The molecule has 1 aromatic carbocycles. The largest absolute Gasteiger partial charge is 0.369 e. The van der Waals surface area contributed by atoms with Crippen LogP contribution in [-0.4, -0.2) is 32.2 Å². The fourth-order valence-corrected chi connectivity index (χ4v) is 2.35. The van der Waals surface area contributed by atoms with E-state index in [1.807, 2.05) is 0 Å². The molecule has 0 amide bonds. The summed E-state index contributed by atoms with van der Waals surface area (Å²) in [6, 6.07) is 7.15. The van der Waals surface area contributed by atoms with Crippen LogP contribution in [-0.2, 0) is 0 Å². The van der Waals surface area contributed by atoms with Crippen LogP contribution >= 0.6 is 0 Å². The Morgan fingerprint density at radius 3 is 2.62 bits per heavy atom. The van der Waals surface area contributed by atoms with E-state index in [1.54, 1.807) is 0 Å². The van der Waals surface area contributed by atoms with Crippen LogP contribution in [0.3, 0.4) is 0 Å². The molecule has 0 bridgehead atoms. The summed E-state index contributed by atoms with van der Waals surface area (Å²) in [6.45, 7) is 8.12. The first-order chi connectivity index (χ1) is 7.69. The van der Waals surface area contributed by atoms with E-state index in [0.29, 0.717) is 12.6 Å². The van der Waals surface area contributed by atoms with E-state index < -0.39 is 0 Å². The Morgan fingerprint density at radius 1 is 1.31 bits per heavy atom. The monoisotopic (exact) mass is 219 g/mol. The molecule has 0 aromatic heterocycles. The summed E-state index contributed by atoms with van der Waals surface area (Å²) in [7, 11) is 0. The topological polar surface area (TPSA) is 41.3 Å². The van der Waals surface area contributed by atoms with E-state index >= 15 is 0 Å². The molecule has 1 unspecified atom stereocenters. The molecule has 3 heteroatoms. The second-order valence-electron chi connectivity index (χ2n) is 4.68. The molecule has 1 heterocycles. The fraction of sp³-hybridized carbons (Fsp3) is 0.538. The lowest BCUT2D eigenvalue weighted by molar-refractivity contribution is 0.463. The van der Waals surface area contributed by atoms with Crippen LogP contribution in [0.15, 0.2) is 18.2 Å². The van der Waals surface area contributed by atoms with Crippen molar-refractivity contribution in [1.29, 1.82) is 0 Å². The van der Waals surface area contributed by atoms with Crippen molar-refractivity contribution >= 4 is 5.69 Å². The first-order valence-electron chi connectivity index (χ1n) is 5.96. The van der Waals surface area contributed by atoms with Crippen molar-refractivity contribution in [2.24, 2.45) is 5.73 Å². The zero-order valence-electron chi connectivity index (χ0n) is 10.2. The molecular weight excluding hydrogens is 198 g/mol. The van der Waals surface area contributed by atoms with Gasteiger partial charge in [0.05, 0.1) is 0 Å². The quantitative estimate of drug-likeness (QED) is 0.781. The Hall–Kier alpha value is -1.06. The smallest absolute Gasteiger partial charge is 0.0372 e. The lowest BCUT2D eigenvalue weighted by atomic mass is 10.1. The highest BCUT2D eigenvalue weighted by atomic mass is 15.2. The highest BCUT2D eigenvalue weighted by Crippen LogP contribution is 2.19. The lowest BCUT2D eigenvalue weighted by Gasteiger charge is -2.35. The van der Waals surface area contributed by atoms with Gasteiger partial charge in [-0.2, -0.15) is 0 Å². The molecule has 1 fully saturated rings. The Bertz CT molecular complexity index is 342. The first-order valence-corrected chi connectivity index (χ1v) is 5.96. The predicted octanol–water partition coefficient (Wildman–Crippen LogP) is 1.04. The van der Waals surface area contributed by atoms with Crippen LogP contribution < -0.4 is 16.0 Å². The van der Waals surface area contributed by atoms with Crippen molar-refractivity contribution in [3.8, 4) is 0 Å². The normalized spacial score (nSPS) is 21.2. The maximum atomic E-state index is 5.71. The van der Waals surface area contributed by atoms with Crippen LogP contribution in [0, 0.1) is 13.8 Å². The summed E-state index contributed by atoms with van der Waals surface area (Å²) in [5.41, 5.74) is 9.71. The highest BCUT2D eigenvalue weighted by molar-refractivity contribution is 5.51. The maximum absolute atomic E-state index is 5.71. The molecule has 1 aliphatic rings. The summed E-state index contributed by atoms with van der Waals surface area (Å²) in [6.07, 6.45) is 0. The predicted molar refractivity (Wildman–Crippen MR) is 69.0 cm³/mol. The highest BCUT2D eigenvalue weighted by Gasteiger charge is 2.18. The summed E-state index contributed by atoms with van der Waals surface area (Å²) < 4.78 is 0. The van der Waals surface area contributed by atoms with Gasteiger partial charge in [0.25, 0.3) is 0 Å². The van der Waals surface area contributed by atoms with Gasteiger partial charge < -0.3 is 16.0 Å². The van der Waals surface area contributed by atoms with E-state index in [1.165, 1.54) is 16.8 Å². The first kappa shape index (κ1) is 11.4. The number of benzene rings is 1. The summed E-state index contributed by atoms with van der Waals surface area (Å²) >= 11 is 0. The van der Waals surface area contributed by atoms with Gasteiger partial charge in [0.2, 0.25) is 0 Å². The molecule has 16 heavy (non-hydrogen) atoms. The SMILES string of the molecule is Cc1cc(C)cc(N2CCNC(CN)C2)c1. The van der Waals surface area contributed by atoms with Crippen molar-refractivity contribution in [2.75, 3.05) is 31.1 Å². The average molecular weight is 219 g/mol. The number of piperazine rings is 1. The lowest BCUT2D eigenvalue weighted by Crippen LogP contribution is -2.53. The minimum atomic E-state index is 0.426. The Morgan fingerprint density at radius 2 is 2.00 bits per heavy atom. The van der Waals surface area contributed by atoms with Gasteiger partial charge in [-0.15, -0.1) is 0 Å². The third kappa shape index (κ3) is 2.54. The van der Waals surface area contributed by atoms with Gasteiger partial charge in [-0.25, -0.2) is 0 Å². The second kappa shape index (κ2) is 4.85. The molecule has 1 saturated heterocycles. The van der Waals surface area contributed by atoms with Crippen LogP contribution in [0.4, 0.5) is 5.69 Å². The molecule has 1 aliphatic heterocycles. The Labute approximate surface area is 97.6 Å². The van der Waals surface area contributed by atoms with E-state index in [0.717, 1.165) is 19.6 Å². The third-order valence-electron chi connectivity index (χ3n) is 3.11. The zero-order valence-corrected chi connectivity index (χ0v) is 10.2. The van der Waals surface area contributed by atoms with Gasteiger partial charge in [-0.05, 0) is 37.1 Å². The molecule has 3 N–H and O–H groups in total. The molecule has 0 spiro atoms. The van der Waals surface area contributed by atoms with Crippen LogP contribution in [0.1, 0.15) is 11.1 Å². The molecule has 88 valence electrons. The van der Waals surface area contributed by atoms with Crippen LogP contribution in [0.25, 0.3) is 0 Å². The second-order valence-corrected chi connectivity index (χ2v) is 4.68. The number of nitrogens with two attached hydrogens (primary N) is 1. The van der Waals surface area contributed by atoms with Gasteiger partial charge in [0.1, 0.15) is 0 Å². The summed E-state index contributed by atoms with van der Waals surface area (Å²) in [5.74, 6) is 0. The molecular formula is C13H21N3. The Balaban J connectivity index is 2.16. The fourth-order valence-electron chi connectivity index (χ4n) is 2.35. The van der Waals surface area contributed by atoms with Gasteiger partial charge in [0, 0.05) is 37.9 Å². The van der Waals surface area contributed by atoms with Crippen LogP contribution in [0.5, 0.6) is 0 Å². The molecule has 1 atom stereocenters. The van der Waals surface area contributed by atoms with Crippen molar-refractivity contribution in [2.45, 2.75) is 19.9 Å². The minimum Gasteiger partial charge on any atom is -0.369 e. The van der Waals surface area contributed by atoms with Gasteiger partial charge in [0.15, 0.2) is 0 Å². The van der Waals surface area contributed by atoms with Crippen LogP contribution in [0.2, 0.25) is 0 Å². The maximum Gasteiger partial charge on any atom is 0.0372 e. The zero-order chi connectivity index (χ0) is 11.5. The number of nitrogens with one attached hydrogen (secondary N) is 1. The van der Waals surface area contributed by atoms with Crippen molar-refractivity contribution < 1.29 is 0 Å². The number of nitrogens with zero attached hydrogens (tertiary/aromatic N) is 1. The van der Waals surface area contributed by atoms with Gasteiger partial charge in [-0.1, -0.05) is 6.07 Å². The average Bonchev–Trinajstić information content (AvgIpc) is 2.28. The number of aryl methyl sites for hydroxylation is 2. The van der Waals surface area contributed by atoms with Crippen molar-refractivity contribution in [3.63, 3.8) is 0 Å². The molecule has 0 radical (unpaired) electrons. The van der Waals surface area contributed by atoms with Crippen molar-refractivity contribution in [1.82, 2.24) is 5.32 Å². The number of hydrogen-bond acceptors (Lipinski definition) is 3. The number of rotatable bonds is 2. The van der Waals surface area contributed by atoms with E-state index in [9.17, 15) is 0 Å².